The monoisotopic (exact) mass is 238 g/mol. The SMILES string of the molecule is Cc1nc2c(-c3ccccc3)nc(C)n2nc1C. The Hall–Kier alpha value is -2.23. The highest BCUT2D eigenvalue weighted by molar-refractivity contribution is 5.74. The summed E-state index contributed by atoms with van der Waals surface area (Å²) in [6, 6.07) is 10.1. The highest BCUT2D eigenvalue weighted by atomic mass is 15.3. The highest BCUT2D eigenvalue weighted by Crippen LogP contribution is 2.23. The van der Waals surface area contributed by atoms with Gasteiger partial charge in [0.15, 0.2) is 5.65 Å². The Kier molecular flexibility index (Phi) is 2.37. The molecular weight excluding hydrogens is 224 g/mol. The molecule has 2 aromatic heterocycles. The van der Waals surface area contributed by atoms with Crippen LogP contribution in [0.5, 0.6) is 0 Å². The first kappa shape index (κ1) is 10.9. The summed E-state index contributed by atoms with van der Waals surface area (Å²) in [5.74, 6) is 0.861. The molecule has 3 rings (SSSR count). The lowest BCUT2D eigenvalue weighted by Gasteiger charge is -2.01. The summed E-state index contributed by atoms with van der Waals surface area (Å²) in [6.45, 7) is 5.88. The van der Waals surface area contributed by atoms with E-state index in [0.29, 0.717) is 0 Å². The third-order valence-corrected chi connectivity index (χ3v) is 3.09. The molecule has 0 saturated heterocycles. The van der Waals surface area contributed by atoms with Gasteiger partial charge >= 0.3 is 0 Å². The molecule has 0 aliphatic heterocycles. The van der Waals surface area contributed by atoms with Gasteiger partial charge in [-0.2, -0.15) is 9.61 Å². The zero-order valence-corrected chi connectivity index (χ0v) is 10.7. The minimum Gasteiger partial charge on any atom is -0.230 e. The summed E-state index contributed by atoms with van der Waals surface area (Å²) in [7, 11) is 0. The van der Waals surface area contributed by atoms with Crippen molar-refractivity contribution in [3.05, 3.63) is 47.5 Å². The van der Waals surface area contributed by atoms with Crippen LogP contribution in [0.2, 0.25) is 0 Å². The van der Waals surface area contributed by atoms with Crippen molar-refractivity contribution in [2.75, 3.05) is 0 Å². The van der Waals surface area contributed by atoms with Crippen LogP contribution in [0, 0.1) is 20.8 Å². The maximum absolute atomic E-state index is 4.61. The van der Waals surface area contributed by atoms with Crippen molar-refractivity contribution in [3.63, 3.8) is 0 Å². The summed E-state index contributed by atoms with van der Waals surface area (Å²) in [5, 5.41) is 4.51. The summed E-state index contributed by atoms with van der Waals surface area (Å²) in [5.41, 5.74) is 4.66. The molecule has 0 aliphatic rings. The van der Waals surface area contributed by atoms with Gasteiger partial charge in [0.2, 0.25) is 0 Å². The molecule has 4 nitrogen and oxygen atoms in total. The van der Waals surface area contributed by atoms with E-state index in [2.05, 4.69) is 15.1 Å². The molecule has 0 fully saturated rings. The molecule has 0 atom stereocenters. The average molecular weight is 238 g/mol. The zero-order valence-electron chi connectivity index (χ0n) is 10.7. The summed E-state index contributed by atoms with van der Waals surface area (Å²) in [4.78, 5) is 9.19. The van der Waals surface area contributed by atoms with Crippen LogP contribution in [0.1, 0.15) is 17.2 Å². The van der Waals surface area contributed by atoms with Crippen molar-refractivity contribution in [2.45, 2.75) is 20.8 Å². The lowest BCUT2D eigenvalue weighted by atomic mass is 10.2. The van der Waals surface area contributed by atoms with Gasteiger partial charge in [-0.3, -0.25) is 0 Å². The number of aromatic nitrogens is 4. The second-order valence-corrected chi connectivity index (χ2v) is 4.39. The van der Waals surface area contributed by atoms with E-state index in [1.807, 2.05) is 55.6 Å². The number of hydrogen-bond acceptors (Lipinski definition) is 3. The van der Waals surface area contributed by atoms with Crippen LogP contribution in [0.4, 0.5) is 0 Å². The molecule has 0 saturated carbocycles. The third kappa shape index (κ3) is 1.57. The minimum atomic E-state index is 0.821. The molecule has 0 aliphatic carbocycles. The molecule has 0 unspecified atom stereocenters. The molecule has 0 bridgehead atoms. The number of hydrogen-bond donors (Lipinski definition) is 0. The van der Waals surface area contributed by atoms with Gasteiger partial charge in [0.1, 0.15) is 11.5 Å². The second kappa shape index (κ2) is 3.91. The van der Waals surface area contributed by atoms with Crippen LogP contribution in [-0.2, 0) is 0 Å². The highest BCUT2D eigenvalue weighted by Gasteiger charge is 2.13. The first-order valence-electron chi connectivity index (χ1n) is 5.93. The smallest absolute Gasteiger partial charge is 0.182 e. The maximum Gasteiger partial charge on any atom is 0.182 e. The Labute approximate surface area is 105 Å². The first-order chi connectivity index (χ1) is 8.66. The topological polar surface area (TPSA) is 43.1 Å². The van der Waals surface area contributed by atoms with Gasteiger partial charge in [-0.1, -0.05) is 30.3 Å². The van der Waals surface area contributed by atoms with E-state index in [4.69, 9.17) is 0 Å². The van der Waals surface area contributed by atoms with Gasteiger partial charge in [0.25, 0.3) is 0 Å². The molecule has 0 amide bonds. The average Bonchev–Trinajstić information content (AvgIpc) is 2.69. The Morgan fingerprint density at radius 2 is 1.61 bits per heavy atom. The van der Waals surface area contributed by atoms with Crippen molar-refractivity contribution in [3.8, 4) is 11.3 Å². The molecule has 0 spiro atoms. The second-order valence-electron chi connectivity index (χ2n) is 4.39. The number of imidazole rings is 1. The fourth-order valence-corrected chi connectivity index (χ4v) is 1.98. The van der Waals surface area contributed by atoms with Crippen molar-refractivity contribution in [1.29, 1.82) is 0 Å². The Balaban J connectivity index is 2.35. The number of fused-ring (bicyclic) bond motifs is 1. The van der Waals surface area contributed by atoms with E-state index in [1.54, 1.807) is 0 Å². The van der Waals surface area contributed by atoms with Gasteiger partial charge < -0.3 is 0 Å². The fraction of sp³-hybridized carbons (Fsp3) is 0.214. The fourth-order valence-electron chi connectivity index (χ4n) is 1.98. The molecule has 2 heterocycles. The van der Waals surface area contributed by atoms with Crippen molar-refractivity contribution < 1.29 is 0 Å². The summed E-state index contributed by atoms with van der Waals surface area (Å²) in [6.07, 6.45) is 0. The van der Waals surface area contributed by atoms with Crippen LogP contribution in [0.3, 0.4) is 0 Å². The number of nitrogens with zero attached hydrogens (tertiary/aromatic N) is 4. The zero-order chi connectivity index (χ0) is 12.7. The molecule has 0 radical (unpaired) electrons. The normalized spacial score (nSPS) is 11.1. The van der Waals surface area contributed by atoms with Gasteiger partial charge in [0, 0.05) is 5.56 Å². The Bertz CT molecular complexity index is 713. The standard InChI is InChI=1S/C14H14N4/c1-9-10(2)17-18-11(3)16-13(14(18)15-9)12-7-5-4-6-8-12/h4-8H,1-3H3. The summed E-state index contributed by atoms with van der Waals surface area (Å²) >= 11 is 0. The number of benzene rings is 1. The quantitative estimate of drug-likeness (QED) is 0.654. The molecular formula is C14H14N4. The van der Waals surface area contributed by atoms with E-state index in [1.165, 1.54) is 0 Å². The molecule has 90 valence electrons. The van der Waals surface area contributed by atoms with Crippen LogP contribution in [0.15, 0.2) is 30.3 Å². The Morgan fingerprint density at radius 1 is 0.889 bits per heavy atom. The van der Waals surface area contributed by atoms with Gasteiger partial charge in [-0.25, -0.2) is 9.97 Å². The lowest BCUT2D eigenvalue weighted by molar-refractivity contribution is 0.818. The van der Waals surface area contributed by atoms with Crippen LogP contribution in [0.25, 0.3) is 16.9 Å². The number of rotatable bonds is 1. The van der Waals surface area contributed by atoms with Gasteiger partial charge in [-0.05, 0) is 20.8 Å². The van der Waals surface area contributed by atoms with Crippen molar-refractivity contribution in [2.24, 2.45) is 0 Å². The molecule has 0 N–H and O–H groups in total. The predicted octanol–water partition coefficient (Wildman–Crippen LogP) is 2.72. The van der Waals surface area contributed by atoms with E-state index in [0.717, 1.165) is 34.1 Å². The minimum absolute atomic E-state index is 0.821. The molecule has 1 aromatic carbocycles. The summed E-state index contributed by atoms with van der Waals surface area (Å²) < 4.78 is 1.81. The number of aryl methyl sites for hydroxylation is 3. The largest absolute Gasteiger partial charge is 0.230 e. The van der Waals surface area contributed by atoms with Crippen LogP contribution in [-0.4, -0.2) is 19.6 Å². The van der Waals surface area contributed by atoms with E-state index in [-0.39, 0.29) is 0 Å². The molecule has 18 heavy (non-hydrogen) atoms. The molecule has 3 aromatic rings. The van der Waals surface area contributed by atoms with Gasteiger partial charge in [-0.15, -0.1) is 0 Å². The lowest BCUT2D eigenvalue weighted by Crippen LogP contribution is -2.02. The van der Waals surface area contributed by atoms with Gasteiger partial charge in [0.05, 0.1) is 11.4 Å². The first-order valence-corrected chi connectivity index (χ1v) is 5.93. The maximum atomic E-state index is 4.61. The van der Waals surface area contributed by atoms with Crippen LogP contribution < -0.4 is 0 Å². The van der Waals surface area contributed by atoms with E-state index >= 15 is 0 Å². The predicted molar refractivity (Wildman–Crippen MR) is 70.4 cm³/mol. The van der Waals surface area contributed by atoms with E-state index < -0.39 is 0 Å². The third-order valence-electron chi connectivity index (χ3n) is 3.09. The van der Waals surface area contributed by atoms with Crippen LogP contribution >= 0.6 is 0 Å². The van der Waals surface area contributed by atoms with E-state index in [9.17, 15) is 0 Å². The molecule has 4 heteroatoms. The van der Waals surface area contributed by atoms with Crippen molar-refractivity contribution in [1.82, 2.24) is 19.6 Å². The van der Waals surface area contributed by atoms with Crippen molar-refractivity contribution >= 4 is 5.65 Å². The Morgan fingerprint density at radius 3 is 2.33 bits per heavy atom.